The van der Waals surface area contributed by atoms with Gasteiger partial charge in [-0.05, 0) is 85.3 Å². The average Bonchev–Trinajstić information content (AvgIpc) is 2.88. The van der Waals surface area contributed by atoms with Crippen molar-refractivity contribution in [3.63, 3.8) is 0 Å². The number of pyridine rings is 1. The van der Waals surface area contributed by atoms with Crippen LogP contribution in [0.15, 0.2) is 54.7 Å². The molecule has 6 nitrogen and oxygen atoms in total. The number of aliphatic hydroxyl groups excluding tert-OH is 1. The lowest BCUT2D eigenvalue weighted by Crippen LogP contribution is -2.55. The summed E-state index contributed by atoms with van der Waals surface area (Å²) in [5.74, 6) is 1.44. The van der Waals surface area contributed by atoms with Gasteiger partial charge in [0.1, 0.15) is 5.75 Å². The number of aliphatic hydroxyl groups is 1. The lowest BCUT2D eigenvalue weighted by molar-refractivity contribution is -0.0562. The number of carboxylic acid groups (broad SMARTS) is 1. The molecule has 0 spiro atoms. The van der Waals surface area contributed by atoms with E-state index in [2.05, 4.69) is 16.8 Å². The maximum absolute atomic E-state index is 11.2. The second-order valence-electron chi connectivity index (χ2n) is 9.06. The van der Waals surface area contributed by atoms with Gasteiger partial charge in [0.25, 0.3) is 0 Å². The molecule has 180 valence electrons. The van der Waals surface area contributed by atoms with Crippen LogP contribution in [0, 0.1) is 11.8 Å². The van der Waals surface area contributed by atoms with Crippen LogP contribution in [-0.4, -0.2) is 52.3 Å². The minimum atomic E-state index is -0.934. The van der Waals surface area contributed by atoms with Crippen LogP contribution in [0.4, 0.5) is 0 Å². The summed E-state index contributed by atoms with van der Waals surface area (Å²) in [4.78, 5) is 17.2. The van der Waals surface area contributed by atoms with E-state index in [1.165, 1.54) is 25.0 Å². The first-order chi connectivity index (χ1) is 16.4. The van der Waals surface area contributed by atoms with E-state index in [1.54, 1.807) is 25.4 Å². The van der Waals surface area contributed by atoms with Gasteiger partial charge >= 0.3 is 5.97 Å². The van der Waals surface area contributed by atoms with Gasteiger partial charge in [-0.2, -0.15) is 0 Å². The molecule has 3 saturated heterocycles. The molecule has 6 rings (SSSR count). The smallest absolute Gasteiger partial charge is 0.335 e. The molecule has 3 aliphatic heterocycles. The number of halogens is 1. The maximum atomic E-state index is 11.2. The summed E-state index contributed by atoms with van der Waals surface area (Å²) in [5, 5.41) is 21.2. The van der Waals surface area contributed by atoms with Gasteiger partial charge in [-0.15, -0.1) is 0 Å². The number of hydrogen-bond donors (Lipinski definition) is 2. The van der Waals surface area contributed by atoms with E-state index in [0.717, 1.165) is 53.6 Å². The number of aromatic nitrogens is 1. The molecule has 0 aliphatic carbocycles. The molecule has 34 heavy (non-hydrogen) atoms. The lowest BCUT2D eigenvalue weighted by atomic mass is 9.72. The fourth-order valence-electron chi connectivity index (χ4n) is 5.30. The Balaban J connectivity index is 0.000000231. The first kappa shape index (κ1) is 24.5. The molecule has 0 saturated carbocycles. The lowest BCUT2D eigenvalue weighted by Gasteiger charge is -2.51. The van der Waals surface area contributed by atoms with Crippen molar-refractivity contribution in [1.29, 1.82) is 0 Å². The number of rotatable bonds is 5. The molecule has 3 fully saturated rings. The second kappa shape index (κ2) is 10.7. The molecule has 5 atom stereocenters. The molecular formula is C27H31ClN2O4. The fourth-order valence-corrected chi connectivity index (χ4v) is 5.43. The Hall–Kier alpha value is -2.67. The second-order valence-corrected chi connectivity index (χ2v) is 9.49. The Kier molecular flexibility index (Phi) is 7.71. The number of aromatic carboxylic acids is 1. The Morgan fingerprint density at radius 3 is 2.62 bits per heavy atom. The van der Waals surface area contributed by atoms with E-state index in [4.69, 9.17) is 21.4 Å². The minimum absolute atomic E-state index is 0.225. The first-order valence-corrected chi connectivity index (χ1v) is 12.1. The zero-order valence-electron chi connectivity index (χ0n) is 19.5. The summed E-state index contributed by atoms with van der Waals surface area (Å²) in [6, 6.07) is 14.1. The van der Waals surface area contributed by atoms with E-state index >= 15 is 0 Å². The zero-order valence-corrected chi connectivity index (χ0v) is 20.3. The average molecular weight is 483 g/mol. The number of carboxylic acids is 1. The fraction of sp³-hybridized carbons (Fsp3) is 0.407. The van der Waals surface area contributed by atoms with Gasteiger partial charge in [0.05, 0.1) is 24.3 Å². The van der Waals surface area contributed by atoms with Gasteiger partial charge in [-0.25, -0.2) is 4.79 Å². The number of piperidine rings is 3. The van der Waals surface area contributed by atoms with Crippen LogP contribution < -0.4 is 4.74 Å². The van der Waals surface area contributed by atoms with E-state index in [1.807, 2.05) is 24.3 Å². The van der Waals surface area contributed by atoms with Crippen LogP contribution in [0.1, 0.15) is 48.2 Å². The van der Waals surface area contributed by atoms with Gasteiger partial charge in [0.2, 0.25) is 0 Å². The zero-order chi connectivity index (χ0) is 24.2. The molecule has 1 aromatic heterocycles. The summed E-state index contributed by atoms with van der Waals surface area (Å²) in [5.41, 5.74) is 2.14. The molecule has 2 unspecified atom stereocenters. The monoisotopic (exact) mass is 482 g/mol. The molecule has 3 aromatic rings. The highest BCUT2D eigenvalue weighted by molar-refractivity contribution is 6.30. The van der Waals surface area contributed by atoms with Crippen LogP contribution in [0.3, 0.4) is 0 Å². The van der Waals surface area contributed by atoms with Crippen LogP contribution in [0.5, 0.6) is 5.75 Å². The Bertz CT molecular complexity index is 1140. The topological polar surface area (TPSA) is 82.9 Å². The normalized spacial score (nSPS) is 24.2. The number of carbonyl (C=O) groups is 1. The Morgan fingerprint density at radius 2 is 2.00 bits per heavy atom. The molecule has 4 heterocycles. The number of methoxy groups -OCH3 is 1. The number of fused-ring (bicyclic) bond motifs is 4. The van der Waals surface area contributed by atoms with Crippen molar-refractivity contribution in [3.05, 3.63) is 70.9 Å². The van der Waals surface area contributed by atoms with E-state index in [0.29, 0.717) is 5.02 Å². The highest BCUT2D eigenvalue weighted by Crippen LogP contribution is 2.42. The molecule has 2 N–H and O–H groups in total. The Morgan fingerprint density at radius 1 is 1.24 bits per heavy atom. The van der Waals surface area contributed by atoms with Crippen molar-refractivity contribution in [3.8, 4) is 5.75 Å². The van der Waals surface area contributed by atoms with Crippen molar-refractivity contribution in [2.75, 3.05) is 20.2 Å². The summed E-state index contributed by atoms with van der Waals surface area (Å²) < 4.78 is 5.36. The standard InChI is InChI=1S/C20H26N2O2.C7H5ClO2/c1-3-13-12-22-9-7-14(13)10-19(22)20(23)16-6-8-21-18-5-4-15(24-2)11-17(16)18;8-6-3-1-5(2-4-6)7(9)10/h4-6,8,11,13-14,19-20,23H,3,7,9-10,12H2,1-2H3;1-4H,(H,9,10)/t13-,14?,19-,20+;/m1./s1. The van der Waals surface area contributed by atoms with Gasteiger partial charge in [0, 0.05) is 29.2 Å². The summed E-state index contributed by atoms with van der Waals surface area (Å²) in [7, 11) is 1.67. The highest BCUT2D eigenvalue weighted by Gasteiger charge is 2.42. The van der Waals surface area contributed by atoms with Crippen molar-refractivity contribution < 1.29 is 19.7 Å². The third-order valence-corrected chi connectivity index (χ3v) is 7.47. The largest absolute Gasteiger partial charge is 0.497 e. The third kappa shape index (κ3) is 5.19. The molecule has 0 radical (unpaired) electrons. The van der Waals surface area contributed by atoms with Crippen molar-refractivity contribution >= 4 is 28.5 Å². The molecule has 2 bridgehead atoms. The van der Waals surface area contributed by atoms with Crippen LogP contribution >= 0.6 is 11.6 Å². The van der Waals surface area contributed by atoms with Gasteiger partial charge in [-0.1, -0.05) is 24.9 Å². The van der Waals surface area contributed by atoms with Gasteiger partial charge < -0.3 is 14.9 Å². The van der Waals surface area contributed by atoms with Crippen molar-refractivity contribution in [2.45, 2.75) is 38.3 Å². The molecular weight excluding hydrogens is 452 g/mol. The van der Waals surface area contributed by atoms with Gasteiger partial charge in [-0.3, -0.25) is 9.88 Å². The van der Waals surface area contributed by atoms with Crippen molar-refractivity contribution in [2.24, 2.45) is 11.8 Å². The predicted molar refractivity (Wildman–Crippen MR) is 134 cm³/mol. The Labute approximate surface area is 205 Å². The molecule has 7 heteroatoms. The summed E-state index contributed by atoms with van der Waals surface area (Å²) in [6.45, 7) is 4.55. The first-order valence-electron chi connectivity index (χ1n) is 11.7. The molecule has 3 aliphatic rings. The number of hydrogen-bond acceptors (Lipinski definition) is 5. The third-order valence-electron chi connectivity index (χ3n) is 7.22. The molecule has 0 amide bonds. The van der Waals surface area contributed by atoms with Gasteiger partial charge in [0.15, 0.2) is 0 Å². The molecule has 2 aromatic carbocycles. The maximum Gasteiger partial charge on any atom is 0.335 e. The number of nitrogens with zero attached hydrogens (tertiary/aromatic N) is 2. The number of ether oxygens (including phenoxy) is 1. The summed E-state index contributed by atoms with van der Waals surface area (Å²) in [6.07, 6.45) is 4.97. The van der Waals surface area contributed by atoms with E-state index in [9.17, 15) is 9.90 Å². The van der Waals surface area contributed by atoms with E-state index in [-0.39, 0.29) is 11.6 Å². The summed E-state index contributed by atoms with van der Waals surface area (Å²) >= 11 is 5.52. The van der Waals surface area contributed by atoms with Crippen LogP contribution in [0.25, 0.3) is 10.9 Å². The highest BCUT2D eigenvalue weighted by atomic mass is 35.5. The minimum Gasteiger partial charge on any atom is -0.497 e. The quantitative estimate of drug-likeness (QED) is 0.504. The van der Waals surface area contributed by atoms with Crippen LogP contribution in [0.2, 0.25) is 5.02 Å². The van der Waals surface area contributed by atoms with Crippen molar-refractivity contribution in [1.82, 2.24) is 9.88 Å². The van der Waals surface area contributed by atoms with E-state index < -0.39 is 12.1 Å². The number of benzene rings is 2. The predicted octanol–water partition coefficient (Wildman–Crippen LogP) is 5.44. The SMILES string of the molecule is CC[C@@H]1CN2CCC1C[C@@H]2[C@@H](O)c1ccnc2ccc(OC)cc12.O=C(O)c1ccc(Cl)cc1. The van der Waals surface area contributed by atoms with Crippen LogP contribution in [-0.2, 0) is 0 Å².